The highest BCUT2D eigenvalue weighted by Crippen LogP contribution is 2.28. The summed E-state index contributed by atoms with van der Waals surface area (Å²) in [6.07, 6.45) is -4.09. The fraction of sp³-hybridized carbons (Fsp3) is 0.214. The highest BCUT2D eigenvalue weighted by atomic mass is 19.4. The second kappa shape index (κ2) is 5.40. The predicted octanol–water partition coefficient (Wildman–Crippen LogP) is 3.15. The number of nitrogens with zero attached hydrogens (tertiary/aromatic N) is 1. The molecule has 0 atom stereocenters. The Morgan fingerprint density at radius 1 is 1.00 bits per heavy atom. The van der Waals surface area contributed by atoms with Crippen molar-refractivity contribution >= 4 is 0 Å². The number of rotatable bonds is 3. The SMILES string of the molecule is NCc1cc(Cc2ccccc2)nc(C(F)(F)F)c1. The molecule has 0 aliphatic rings. The van der Waals surface area contributed by atoms with Crippen molar-refractivity contribution in [1.29, 1.82) is 0 Å². The van der Waals surface area contributed by atoms with Gasteiger partial charge in [-0.05, 0) is 23.3 Å². The third kappa shape index (κ3) is 3.54. The zero-order valence-electron chi connectivity index (χ0n) is 10.1. The maximum absolute atomic E-state index is 12.7. The molecule has 0 aliphatic carbocycles. The largest absolute Gasteiger partial charge is 0.433 e. The van der Waals surface area contributed by atoms with Crippen molar-refractivity contribution in [1.82, 2.24) is 4.98 Å². The molecule has 1 aromatic carbocycles. The fourth-order valence-electron chi connectivity index (χ4n) is 1.81. The van der Waals surface area contributed by atoms with Gasteiger partial charge in [0, 0.05) is 18.7 Å². The summed E-state index contributed by atoms with van der Waals surface area (Å²) in [5.41, 5.74) is 6.27. The van der Waals surface area contributed by atoms with Crippen LogP contribution in [-0.2, 0) is 19.1 Å². The number of benzene rings is 1. The number of pyridine rings is 1. The van der Waals surface area contributed by atoms with E-state index in [2.05, 4.69) is 4.98 Å². The van der Waals surface area contributed by atoms with Gasteiger partial charge in [0.1, 0.15) is 5.69 Å². The smallest absolute Gasteiger partial charge is 0.326 e. The van der Waals surface area contributed by atoms with E-state index in [9.17, 15) is 13.2 Å². The van der Waals surface area contributed by atoms with Crippen molar-refractivity contribution in [2.24, 2.45) is 5.73 Å². The lowest BCUT2D eigenvalue weighted by atomic mass is 10.1. The lowest BCUT2D eigenvalue weighted by molar-refractivity contribution is -0.141. The highest BCUT2D eigenvalue weighted by molar-refractivity contribution is 5.27. The minimum Gasteiger partial charge on any atom is -0.326 e. The van der Waals surface area contributed by atoms with E-state index in [0.29, 0.717) is 17.7 Å². The van der Waals surface area contributed by atoms with E-state index in [0.717, 1.165) is 11.6 Å². The number of alkyl halides is 3. The molecule has 100 valence electrons. The highest BCUT2D eigenvalue weighted by Gasteiger charge is 2.33. The summed E-state index contributed by atoms with van der Waals surface area (Å²) < 4.78 is 38.2. The van der Waals surface area contributed by atoms with Crippen molar-refractivity contribution in [3.8, 4) is 0 Å². The molecular weight excluding hydrogens is 253 g/mol. The summed E-state index contributed by atoms with van der Waals surface area (Å²) >= 11 is 0. The molecule has 2 aromatic rings. The summed E-state index contributed by atoms with van der Waals surface area (Å²) in [6, 6.07) is 11.8. The Morgan fingerprint density at radius 2 is 1.68 bits per heavy atom. The quantitative estimate of drug-likeness (QED) is 0.926. The second-order valence-corrected chi connectivity index (χ2v) is 4.22. The molecule has 2 rings (SSSR count). The first-order valence-electron chi connectivity index (χ1n) is 5.80. The van der Waals surface area contributed by atoms with Gasteiger partial charge in [-0.1, -0.05) is 30.3 Å². The Morgan fingerprint density at radius 3 is 2.26 bits per heavy atom. The van der Waals surface area contributed by atoms with Gasteiger partial charge in [0.25, 0.3) is 0 Å². The minimum atomic E-state index is -4.45. The maximum Gasteiger partial charge on any atom is 0.433 e. The first-order valence-corrected chi connectivity index (χ1v) is 5.80. The van der Waals surface area contributed by atoms with E-state index in [4.69, 9.17) is 5.73 Å². The predicted molar refractivity (Wildman–Crippen MR) is 66.4 cm³/mol. The molecule has 19 heavy (non-hydrogen) atoms. The van der Waals surface area contributed by atoms with Crippen molar-refractivity contribution < 1.29 is 13.2 Å². The molecule has 0 bridgehead atoms. The molecule has 5 heteroatoms. The molecule has 1 heterocycles. The zero-order chi connectivity index (χ0) is 13.9. The van der Waals surface area contributed by atoms with Crippen LogP contribution in [0.25, 0.3) is 0 Å². The first-order chi connectivity index (χ1) is 8.99. The number of aromatic nitrogens is 1. The molecule has 1 aromatic heterocycles. The average Bonchev–Trinajstić information content (AvgIpc) is 2.38. The summed E-state index contributed by atoms with van der Waals surface area (Å²) in [6.45, 7) is 0.0629. The average molecular weight is 266 g/mol. The number of halogens is 3. The van der Waals surface area contributed by atoms with Gasteiger partial charge in [-0.3, -0.25) is 0 Å². The van der Waals surface area contributed by atoms with Gasteiger partial charge in [0.15, 0.2) is 0 Å². The van der Waals surface area contributed by atoms with Crippen LogP contribution < -0.4 is 5.73 Å². The minimum absolute atomic E-state index is 0.0629. The van der Waals surface area contributed by atoms with Crippen LogP contribution >= 0.6 is 0 Å². The van der Waals surface area contributed by atoms with Crippen molar-refractivity contribution in [3.05, 3.63) is 65.0 Å². The van der Waals surface area contributed by atoms with E-state index in [1.165, 1.54) is 0 Å². The molecule has 0 aliphatic heterocycles. The van der Waals surface area contributed by atoms with E-state index < -0.39 is 11.9 Å². The zero-order valence-corrected chi connectivity index (χ0v) is 10.1. The molecule has 0 fully saturated rings. The Bertz CT molecular complexity index is 550. The normalized spacial score (nSPS) is 11.6. The third-order valence-corrected chi connectivity index (χ3v) is 2.69. The summed E-state index contributed by atoms with van der Waals surface area (Å²) in [7, 11) is 0. The van der Waals surface area contributed by atoms with Gasteiger partial charge in [0.2, 0.25) is 0 Å². The maximum atomic E-state index is 12.7. The Kier molecular flexibility index (Phi) is 3.85. The van der Waals surface area contributed by atoms with E-state index in [1.54, 1.807) is 6.07 Å². The molecule has 0 saturated carbocycles. The Hall–Kier alpha value is -1.88. The molecule has 0 saturated heterocycles. The van der Waals surface area contributed by atoms with Crippen LogP contribution in [0.4, 0.5) is 13.2 Å². The molecule has 2 N–H and O–H groups in total. The topological polar surface area (TPSA) is 38.9 Å². The molecule has 0 spiro atoms. The van der Waals surface area contributed by atoms with Crippen LogP contribution in [-0.4, -0.2) is 4.98 Å². The summed E-state index contributed by atoms with van der Waals surface area (Å²) in [4.78, 5) is 3.67. The van der Waals surface area contributed by atoms with Crippen LogP contribution in [0.5, 0.6) is 0 Å². The molecule has 2 nitrogen and oxygen atoms in total. The van der Waals surface area contributed by atoms with Gasteiger partial charge >= 0.3 is 6.18 Å². The van der Waals surface area contributed by atoms with Crippen LogP contribution in [0.2, 0.25) is 0 Å². The fourth-order valence-corrected chi connectivity index (χ4v) is 1.81. The van der Waals surface area contributed by atoms with E-state index >= 15 is 0 Å². The van der Waals surface area contributed by atoms with Gasteiger partial charge in [-0.15, -0.1) is 0 Å². The van der Waals surface area contributed by atoms with Crippen LogP contribution in [0.1, 0.15) is 22.5 Å². The lowest BCUT2D eigenvalue weighted by Gasteiger charge is -2.10. The molecule has 0 radical (unpaired) electrons. The molecule has 0 unspecified atom stereocenters. The number of hydrogen-bond donors (Lipinski definition) is 1. The van der Waals surface area contributed by atoms with Gasteiger partial charge in [0.05, 0.1) is 0 Å². The van der Waals surface area contributed by atoms with Crippen LogP contribution in [0.15, 0.2) is 42.5 Å². The lowest BCUT2D eigenvalue weighted by Crippen LogP contribution is -2.12. The second-order valence-electron chi connectivity index (χ2n) is 4.22. The number of nitrogens with two attached hydrogens (primary N) is 1. The van der Waals surface area contributed by atoms with Gasteiger partial charge in [-0.2, -0.15) is 13.2 Å². The Labute approximate surface area is 109 Å². The van der Waals surface area contributed by atoms with Crippen LogP contribution in [0, 0.1) is 0 Å². The summed E-state index contributed by atoms with van der Waals surface area (Å²) in [5.74, 6) is 0. The number of hydrogen-bond acceptors (Lipinski definition) is 2. The van der Waals surface area contributed by atoms with E-state index in [-0.39, 0.29) is 6.54 Å². The molecular formula is C14H13F3N2. The van der Waals surface area contributed by atoms with Crippen LogP contribution in [0.3, 0.4) is 0 Å². The standard InChI is InChI=1S/C14H13F3N2/c15-14(16,17)13-8-11(9-18)7-12(19-13)6-10-4-2-1-3-5-10/h1-5,7-8H,6,9,18H2. The van der Waals surface area contributed by atoms with Crippen molar-refractivity contribution in [2.75, 3.05) is 0 Å². The van der Waals surface area contributed by atoms with Crippen molar-refractivity contribution in [3.63, 3.8) is 0 Å². The first kappa shape index (κ1) is 13.5. The Balaban J connectivity index is 2.35. The van der Waals surface area contributed by atoms with E-state index in [1.807, 2.05) is 30.3 Å². The summed E-state index contributed by atoms with van der Waals surface area (Å²) in [5, 5.41) is 0. The third-order valence-electron chi connectivity index (χ3n) is 2.69. The van der Waals surface area contributed by atoms with Gasteiger partial charge < -0.3 is 5.73 Å². The monoisotopic (exact) mass is 266 g/mol. The van der Waals surface area contributed by atoms with Gasteiger partial charge in [-0.25, -0.2) is 4.98 Å². The van der Waals surface area contributed by atoms with Crippen molar-refractivity contribution in [2.45, 2.75) is 19.1 Å². The molecule has 0 amide bonds.